The van der Waals surface area contributed by atoms with Gasteiger partial charge in [0, 0.05) is 18.0 Å². The van der Waals surface area contributed by atoms with Crippen molar-refractivity contribution in [1.29, 1.82) is 0 Å². The number of hydrogen-bond acceptors (Lipinski definition) is 4. The van der Waals surface area contributed by atoms with Crippen molar-refractivity contribution in [1.82, 2.24) is 9.97 Å². The summed E-state index contributed by atoms with van der Waals surface area (Å²) < 4.78 is 0. The van der Waals surface area contributed by atoms with E-state index in [0.29, 0.717) is 0 Å². The van der Waals surface area contributed by atoms with Gasteiger partial charge in [-0.1, -0.05) is 13.0 Å². The second-order valence-corrected chi connectivity index (χ2v) is 5.85. The molecule has 0 saturated carbocycles. The van der Waals surface area contributed by atoms with Crippen LogP contribution in [0.3, 0.4) is 0 Å². The molecule has 1 N–H and O–H groups in total. The summed E-state index contributed by atoms with van der Waals surface area (Å²) in [4.78, 5) is 9.15. The fraction of sp³-hybridized carbons (Fsp3) is 0.375. The fourth-order valence-corrected chi connectivity index (χ4v) is 2.87. The first-order chi connectivity index (χ1) is 9.67. The molecule has 20 heavy (non-hydrogen) atoms. The number of thioether (sulfide) groups is 1. The summed E-state index contributed by atoms with van der Waals surface area (Å²) in [6.45, 7) is 7.25. The Labute approximate surface area is 125 Å². The van der Waals surface area contributed by atoms with Crippen molar-refractivity contribution >= 4 is 17.6 Å². The molecule has 0 spiro atoms. The van der Waals surface area contributed by atoms with Gasteiger partial charge in [0.2, 0.25) is 0 Å². The summed E-state index contributed by atoms with van der Waals surface area (Å²) in [7, 11) is 0. The lowest BCUT2D eigenvalue weighted by molar-refractivity contribution is 0.964. The smallest absolute Gasteiger partial charge is 0.126 e. The third-order valence-electron chi connectivity index (χ3n) is 2.81. The summed E-state index contributed by atoms with van der Waals surface area (Å²) >= 11 is 1.73. The van der Waals surface area contributed by atoms with Gasteiger partial charge in [-0.25, -0.2) is 9.97 Å². The number of nitrogens with one attached hydrogen (secondary N) is 1. The second-order valence-electron chi connectivity index (χ2n) is 4.85. The van der Waals surface area contributed by atoms with Crippen molar-refractivity contribution in [2.45, 2.75) is 38.0 Å². The number of aromatic nitrogens is 2. The third-order valence-corrected chi connectivity index (χ3v) is 3.75. The van der Waals surface area contributed by atoms with Gasteiger partial charge >= 0.3 is 0 Å². The van der Waals surface area contributed by atoms with Gasteiger partial charge in [-0.3, -0.25) is 0 Å². The molecule has 0 amide bonds. The first-order valence-corrected chi connectivity index (χ1v) is 7.94. The van der Waals surface area contributed by atoms with Crippen LogP contribution in [-0.2, 0) is 5.75 Å². The van der Waals surface area contributed by atoms with Crippen LogP contribution in [0.15, 0.2) is 35.4 Å². The van der Waals surface area contributed by atoms with Gasteiger partial charge in [0.05, 0.1) is 10.7 Å². The lowest BCUT2D eigenvalue weighted by atomic mass is 10.3. The van der Waals surface area contributed by atoms with Crippen molar-refractivity contribution in [2.24, 2.45) is 0 Å². The Morgan fingerprint density at radius 1 is 1.15 bits per heavy atom. The summed E-state index contributed by atoms with van der Waals surface area (Å²) in [6.07, 6.45) is 1.10. The molecule has 0 fully saturated rings. The standard InChI is InChI=1S/C16H21N3S/c1-4-8-17-15-7-5-6-14(19-15)11-20-16-10-12(2)9-13(3)18-16/h5-7,9-10H,4,8,11H2,1-3H3,(H,17,19). The molecule has 0 aromatic carbocycles. The van der Waals surface area contributed by atoms with Crippen LogP contribution in [0.25, 0.3) is 0 Å². The highest BCUT2D eigenvalue weighted by atomic mass is 32.2. The van der Waals surface area contributed by atoms with Gasteiger partial charge in [-0.2, -0.15) is 0 Å². The van der Waals surface area contributed by atoms with Crippen LogP contribution in [0.1, 0.15) is 30.3 Å². The normalized spacial score (nSPS) is 10.6. The largest absolute Gasteiger partial charge is 0.370 e. The van der Waals surface area contributed by atoms with Crippen molar-refractivity contribution < 1.29 is 0 Å². The molecule has 106 valence electrons. The molecule has 0 radical (unpaired) electrons. The van der Waals surface area contributed by atoms with Crippen molar-refractivity contribution in [3.63, 3.8) is 0 Å². The van der Waals surface area contributed by atoms with E-state index in [1.807, 2.05) is 13.0 Å². The highest BCUT2D eigenvalue weighted by Crippen LogP contribution is 2.22. The Bertz CT molecular complexity index is 549. The van der Waals surface area contributed by atoms with Crippen LogP contribution in [0.4, 0.5) is 5.82 Å². The summed E-state index contributed by atoms with van der Waals surface area (Å²) in [5, 5.41) is 4.38. The lowest BCUT2D eigenvalue weighted by Gasteiger charge is -2.07. The van der Waals surface area contributed by atoms with Crippen LogP contribution in [-0.4, -0.2) is 16.5 Å². The average Bonchev–Trinajstić information content (AvgIpc) is 2.42. The highest BCUT2D eigenvalue weighted by molar-refractivity contribution is 7.98. The van der Waals surface area contributed by atoms with Crippen LogP contribution < -0.4 is 5.32 Å². The molecule has 2 aromatic rings. The fourth-order valence-electron chi connectivity index (χ4n) is 1.94. The minimum Gasteiger partial charge on any atom is -0.370 e. The SMILES string of the molecule is CCCNc1cccc(CSc2cc(C)cc(C)n2)n1. The summed E-state index contributed by atoms with van der Waals surface area (Å²) in [5.74, 6) is 1.80. The number of anilines is 1. The third kappa shape index (κ3) is 4.53. The molecule has 3 nitrogen and oxygen atoms in total. The number of hydrogen-bond donors (Lipinski definition) is 1. The molecule has 2 rings (SSSR count). The maximum absolute atomic E-state index is 4.61. The predicted octanol–water partition coefficient (Wildman–Crippen LogP) is 4.21. The Kier molecular flexibility index (Phi) is 5.41. The summed E-state index contributed by atoms with van der Waals surface area (Å²) in [5.41, 5.74) is 3.40. The van der Waals surface area contributed by atoms with E-state index < -0.39 is 0 Å². The van der Waals surface area contributed by atoms with E-state index in [-0.39, 0.29) is 0 Å². The van der Waals surface area contributed by atoms with E-state index >= 15 is 0 Å². The number of nitrogens with zero attached hydrogens (tertiary/aromatic N) is 2. The Morgan fingerprint density at radius 3 is 2.75 bits per heavy atom. The maximum Gasteiger partial charge on any atom is 0.126 e. The molecule has 0 saturated heterocycles. The highest BCUT2D eigenvalue weighted by Gasteiger charge is 2.02. The molecule has 2 aromatic heterocycles. The molecular formula is C16H21N3S. The van der Waals surface area contributed by atoms with Gasteiger partial charge in [0.1, 0.15) is 5.82 Å². The van der Waals surface area contributed by atoms with E-state index in [1.54, 1.807) is 11.8 Å². The van der Waals surface area contributed by atoms with Gasteiger partial charge in [-0.15, -0.1) is 11.8 Å². The first-order valence-electron chi connectivity index (χ1n) is 6.95. The minimum absolute atomic E-state index is 0.845. The molecule has 4 heteroatoms. The van der Waals surface area contributed by atoms with E-state index in [2.05, 4.69) is 53.4 Å². The van der Waals surface area contributed by atoms with Crippen LogP contribution >= 0.6 is 11.8 Å². The zero-order valence-electron chi connectivity index (χ0n) is 12.3. The van der Waals surface area contributed by atoms with Gasteiger partial charge in [0.15, 0.2) is 0 Å². The van der Waals surface area contributed by atoms with Gasteiger partial charge in [-0.05, 0) is 50.1 Å². The van der Waals surface area contributed by atoms with Crippen LogP contribution in [0.2, 0.25) is 0 Å². The Hall–Kier alpha value is -1.55. The Morgan fingerprint density at radius 2 is 2.00 bits per heavy atom. The second kappa shape index (κ2) is 7.29. The van der Waals surface area contributed by atoms with Gasteiger partial charge < -0.3 is 5.32 Å². The molecule has 0 atom stereocenters. The lowest BCUT2D eigenvalue weighted by Crippen LogP contribution is -2.02. The molecule has 0 bridgehead atoms. The average molecular weight is 287 g/mol. The molecule has 0 aliphatic heterocycles. The minimum atomic E-state index is 0.845. The number of pyridine rings is 2. The van der Waals surface area contributed by atoms with E-state index in [1.165, 1.54) is 5.56 Å². The monoisotopic (exact) mass is 287 g/mol. The Balaban J connectivity index is 1.99. The van der Waals surface area contributed by atoms with Crippen molar-refractivity contribution in [3.05, 3.63) is 47.3 Å². The molecule has 0 unspecified atom stereocenters. The van der Waals surface area contributed by atoms with Crippen molar-refractivity contribution in [3.8, 4) is 0 Å². The van der Waals surface area contributed by atoms with Crippen LogP contribution in [0, 0.1) is 13.8 Å². The van der Waals surface area contributed by atoms with E-state index in [4.69, 9.17) is 0 Å². The van der Waals surface area contributed by atoms with E-state index in [0.717, 1.165) is 41.0 Å². The molecule has 2 heterocycles. The quantitative estimate of drug-likeness (QED) is 0.808. The maximum atomic E-state index is 4.61. The first kappa shape index (κ1) is 14.9. The van der Waals surface area contributed by atoms with Gasteiger partial charge in [0.25, 0.3) is 0 Å². The number of aryl methyl sites for hydroxylation is 2. The zero-order chi connectivity index (χ0) is 14.4. The molecule has 0 aliphatic carbocycles. The zero-order valence-corrected chi connectivity index (χ0v) is 13.1. The van der Waals surface area contributed by atoms with Crippen LogP contribution in [0.5, 0.6) is 0 Å². The molecular weight excluding hydrogens is 266 g/mol. The topological polar surface area (TPSA) is 37.8 Å². The van der Waals surface area contributed by atoms with E-state index in [9.17, 15) is 0 Å². The number of rotatable bonds is 6. The molecule has 0 aliphatic rings. The predicted molar refractivity (Wildman–Crippen MR) is 86.3 cm³/mol. The summed E-state index contributed by atoms with van der Waals surface area (Å²) in [6, 6.07) is 10.3. The van der Waals surface area contributed by atoms with Crippen molar-refractivity contribution in [2.75, 3.05) is 11.9 Å².